The zero-order valence-electron chi connectivity index (χ0n) is 8.22. The fourth-order valence-corrected chi connectivity index (χ4v) is 0.918. The SMILES string of the molecule is O=C(NCCO)OC1=C/C=C\C=C\C=C1. The molecule has 4 nitrogen and oxygen atoms in total. The fraction of sp³-hybridized carbons (Fsp3) is 0.182. The van der Waals surface area contributed by atoms with Crippen molar-refractivity contribution in [3.05, 3.63) is 48.3 Å². The van der Waals surface area contributed by atoms with Gasteiger partial charge in [0.2, 0.25) is 0 Å². The largest absolute Gasteiger partial charge is 0.412 e. The molecule has 1 aliphatic rings. The predicted molar refractivity (Wildman–Crippen MR) is 57.1 cm³/mol. The number of hydrogen-bond acceptors (Lipinski definition) is 3. The molecule has 0 aromatic heterocycles. The quantitative estimate of drug-likeness (QED) is 0.732. The van der Waals surface area contributed by atoms with E-state index in [-0.39, 0.29) is 13.2 Å². The topological polar surface area (TPSA) is 58.6 Å². The van der Waals surface area contributed by atoms with E-state index in [9.17, 15) is 4.79 Å². The Hall–Kier alpha value is -1.81. The van der Waals surface area contributed by atoms with Gasteiger partial charge in [-0.05, 0) is 12.2 Å². The average Bonchev–Trinajstić information content (AvgIpc) is 2.19. The number of carbonyl (C=O) groups is 1. The molecule has 80 valence electrons. The van der Waals surface area contributed by atoms with Crippen LogP contribution in [0.1, 0.15) is 0 Å². The van der Waals surface area contributed by atoms with Gasteiger partial charge in [-0.25, -0.2) is 4.79 Å². The number of carbonyl (C=O) groups excluding carboxylic acids is 1. The van der Waals surface area contributed by atoms with Crippen LogP contribution in [0.2, 0.25) is 0 Å². The van der Waals surface area contributed by atoms with Crippen molar-refractivity contribution >= 4 is 6.09 Å². The predicted octanol–water partition coefficient (Wildman–Crippen LogP) is 1.27. The summed E-state index contributed by atoms with van der Waals surface area (Å²) in [6.07, 6.45) is 11.9. The average molecular weight is 207 g/mol. The second-order valence-corrected chi connectivity index (χ2v) is 2.74. The molecule has 0 spiro atoms. The van der Waals surface area contributed by atoms with Crippen LogP contribution in [-0.4, -0.2) is 24.4 Å². The molecule has 0 saturated heterocycles. The van der Waals surface area contributed by atoms with Crippen molar-refractivity contribution in [2.24, 2.45) is 0 Å². The van der Waals surface area contributed by atoms with Crippen molar-refractivity contribution in [3.8, 4) is 0 Å². The van der Waals surface area contributed by atoms with Gasteiger partial charge >= 0.3 is 6.09 Å². The zero-order chi connectivity index (χ0) is 10.9. The van der Waals surface area contributed by atoms with Crippen LogP contribution in [-0.2, 0) is 4.74 Å². The number of alkyl carbamates (subject to hydrolysis) is 1. The van der Waals surface area contributed by atoms with Crippen LogP contribution >= 0.6 is 0 Å². The van der Waals surface area contributed by atoms with E-state index in [1.54, 1.807) is 24.3 Å². The van der Waals surface area contributed by atoms with Crippen molar-refractivity contribution in [2.45, 2.75) is 0 Å². The highest BCUT2D eigenvalue weighted by Gasteiger charge is 2.02. The smallest absolute Gasteiger partial charge is 0.410 e. The Kier molecular flexibility index (Phi) is 4.97. The molecule has 0 radical (unpaired) electrons. The first-order chi connectivity index (χ1) is 7.33. The van der Waals surface area contributed by atoms with E-state index in [1.165, 1.54) is 0 Å². The Morgan fingerprint density at radius 3 is 2.80 bits per heavy atom. The summed E-state index contributed by atoms with van der Waals surface area (Å²) in [6.45, 7) is 0.0815. The number of rotatable bonds is 3. The minimum Gasteiger partial charge on any atom is -0.410 e. The van der Waals surface area contributed by atoms with E-state index >= 15 is 0 Å². The highest BCUT2D eigenvalue weighted by Crippen LogP contribution is 2.03. The lowest BCUT2D eigenvalue weighted by Gasteiger charge is -2.05. The van der Waals surface area contributed by atoms with Crippen molar-refractivity contribution in [1.82, 2.24) is 5.32 Å². The van der Waals surface area contributed by atoms with Gasteiger partial charge in [-0.1, -0.05) is 30.4 Å². The van der Waals surface area contributed by atoms with E-state index in [1.807, 2.05) is 18.2 Å². The molecule has 0 fully saturated rings. The summed E-state index contributed by atoms with van der Waals surface area (Å²) in [5.74, 6) is 0.450. The lowest BCUT2D eigenvalue weighted by molar-refractivity contribution is 0.175. The maximum Gasteiger partial charge on any atom is 0.412 e. The van der Waals surface area contributed by atoms with Gasteiger partial charge in [-0.15, -0.1) is 0 Å². The second-order valence-electron chi connectivity index (χ2n) is 2.74. The molecule has 0 bridgehead atoms. The number of aliphatic hydroxyl groups is 1. The number of ether oxygens (including phenoxy) is 1. The number of amides is 1. The summed E-state index contributed by atoms with van der Waals surface area (Å²) in [6, 6.07) is 0. The third-order valence-corrected chi connectivity index (χ3v) is 1.56. The van der Waals surface area contributed by atoms with Gasteiger partial charge in [0.1, 0.15) is 5.76 Å². The van der Waals surface area contributed by atoms with E-state index in [0.717, 1.165) is 0 Å². The van der Waals surface area contributed by atoms with Gasteiger partial charge in [0, 0.05) is 6.54 Å². The van der Waals surface area contributed by atoms with Crippen LogP contribution in [0.5, 0.6) is 0 Å². The fourth-order valence-electron chi connectivity index (χ4n) is 0.918. The summed E-state index contributed by atoms with van der Waals surface area (Å²) < 4.78 is 4.96. The molecule has 0 atom stereocenters. The number of hydrogen-bond donors (Lipinski definition) is 2. The second kappa shape index (κ2) is 6.62. The Labute approximate surface area is 88.2 Å². The molecule has 1 rings (SSSR count). The summed E-state index contributed by atoms with van der Waals surface area (Å²) >= 11 is 0. The first-order valence-corrected chi connectivity index (χ1v) is 4.61. The van der Waals surface area contributed by atoms with E-state index < -0.39 is 6.09 Å². The molecule has 15 heavy (non-hydrogen) atoms. The van der Waals surface area contributed by atoms with E-state index in [2.05, 4.69) is 5.32 Å². The van der Waals surface area contributed by atoms with Crippen molar-refractivity contribution in [2.75, 3.05) is 13.2 Å². The number of nitrogens with one attached hydrogen (secondary N) is 1. The molecule has 1 amide bonds. The van der Waals surface area contributed by atoms with E-state index in [4.69, 9.17) is 9.84 Å². The molecule has 0 aromatic rings. The summed E-state index contributed by atoms with van der Waals surface area (Å²) in [7, 11) is 0. The van der Waals surface area contributed by atoms with Crippen LogP contribution in [0.15, 0.2) is 48.3 Å². The van der Waals surface area contributed by atoms with Gasteiger partial charge in [0.05, 0.1) is 6.61 Å². The van der Waals surface area contributed by atoms with Crippen molar-refractivity contribution in [3.63, 3.8) is 0 Å². The van der Waals surface area contributed by atoms with Gasteiger partial charge in [-0.2, -0.15) is 0 Å². The van der Waals surface area contributed by atoms with Gasteiger partial charge < -0.3 is 15.2 Å². The molecular weight excluding hydrogens is 194 g/mol. The normalized spacial score (nSPS) is 18.3. The minimum atomic E-state index is -0.571. The molecule has 1 aliphatic carbocycles. The number of aliphatic hydroxyl groups excluding tert-OH is 1. The zero-order valence-corrected chi connectivity index (χ0v) is 8.22. The molecule has 0 aliphatic heterocycles. The van der Waals surface area contributed by atoms with Crippen molar-refractivity contribution < 1.29 is 14.6 Å². The summed E-state index contributed by atoms with van der Waals surface area (Å²) in [4.78, 5) is 11.1. The Morgan fingerprint density at radius 1 is 1.27 bits per heavy atom. The van der Waals surface area contributed by atoms with Crippen LogP contribution < -0.4 is 5.32 Å². The van der Waals surface area contributed by atoms with Gasteiger partial charge in [0.15, 0.2) is 0 Å². The third kappa shape index (κ3) is 4.83. The molecule has 0 aromatic carbocycles. The molecular formula is C11H13NO3. The van der Waals surface area contributed by atoms with Crippen LogP contribution in [0.4, 0.5) is 4.79 Å². The lowest BCUT2D eigenvalue weighted by atomic mass is 10.3. The van der Waals surface area contributed by atoms with Crippen molar-refractivity contribution in [1.29, 1.82) is 0 Å². The molecule has 4 heteroatoms. The van der Waals surface area contributed by atoms with Crippen LogP contribution in [0.25, 0.3) is 0 Å². The maximum atomic E-state index is 11.1. The highest BCUT2D eigenvalue weighted by atomic mass is 16.6. The Morgan fingerprint density at radius 2 is 2.00 bits per heavy atom. The lowest BCUT2D eigenvalue weighted by Crippen LogP contribution is -2.26. The summed E-state index contributed by atoms with van der Waals surface area (Å²) in [5, 5.41) is 10.9. The Bertz CT molecular complexity index is 327. The van der Waals surface area contributed by atoms with E-state index in [0.29, 0.717) is 5.76 Å². The molecule has 0 unspecified atom stereocenters. The first kappa shape index (κ1) is 11.3. The minimum absolute atomic E-state index is 0.105. The van der Waals surface area contributed by atoms with Crippen LogP contribution in [0, 0.1) is 0 Å². The monoisotopic (exact) mass is 207 g/mol. The first-order valence-electron chi connectivity index (χ1n) is 4.61. The molecule has 0 heterocycles. The molecule has 2 N–H and O–H groups in total. The maximum absolute atomic E-state index is 11.1. The molecule has 0 saturated carbocycles. The number of allylic oxidation sites excluding steroid dienone is 7. The van der Waals surface area contributed by atoms with Gasteiger partial charge in [-0.3, -0.25) is 0 Å². The summed E-state index contributed by atoms with van der Waals surface area (Å²) in [5.41, 5.74) is 0. The highest BCUT2D eigenvalue weighted by molar-refractivity contribution is 5.68. The standard InChI is InChI=1S/C11H13NO3/c13-9-8-12-11(14)15-10-6-4-2-1-3-5-7-10/h1-7,13H,8-9H2,(H,12,14)/b2-1+,3-1?,4-2?,5-3-,6-4?,7-5?,10-6?,10-7?. The third-order valence-electron chi connectivity index (χ3n) is 1.56. The Balaban J connectivity index is 2.46. The van der Waals surface area contributed by atoms with Gasteiger partial charge in [0.25, 0.3) is 0 Å². The van der Waals surface area contributed by atoms with Crippen LogP contribution in [0.3, 0.4) is 0 Å².